The van der Waals surface area contributed by atoms with Gasteiger partial charge in [-0.25, -0.2) is 10.8 Å². The molecule has 3 N–H and O–H groups in total. The van der Waals surface area contributed by atoms with Crippen LogP contribution >= 0.6 is 27.3 Å². The van der Waals surface area contributed by atoms with Crippen molar-refractivity contribution in [3.05, 3.63) is 50.4 Å². The fourth-order valence-electron chi connectivity index (χ4n) is 1.83. The first-order valence-electron chi connectivity index (χ1n) is 5.97. The third-order valence-corrected chi connectivity index (χ3v) is 4.03. The van der Waals surface area contributed by atoms with E-state index in [0.717, 1.165) is 16.7 Å². The summed E-state index contributed by atoms with van der Waals surface area (Å²) in [6.45, 7) is 1.50. The Balaban J connectivity index is 1.96. The predicted molar refractivity (Wildman–Crippen MR) is 83.1 cm³/mol. The van der Waals surface area contributed by atoms with Crippen LogP contribution in [0.5, 0.6) is 0 Å². The molecule has 1 aromatic heterocycles. The molecule has 1 aromatic carbocycles. The van der Waals surface area contributed by atoms with Crippen molar-refractivity contribution in [1.29, 1.82) is 0 Å². The van der Waals surface area contributed by atoms with Gasteiger partial charge in [-0.3, -0.25) is 15.1 Å². The summed E-state index contributed by atoms with van der Waals surface area (Å²) in [7, 11) is 2.02. The Labute approximate surface area is 129 Å². The van der Waals surface area contributed by atoms with Crippen molar-refractivity contribution in [2.45, 2.75) is 13.1 Å². The first kappa shape index (κ1) is 15.1. The third kappa shape index (κ3) is 4.11. The number of thiazole rings is 1. The lowest BCUT2D eigenvalue weighted by molar-refractivity contribution is 0.0953. The highest BCUT2D eigenvalue weighted by atomic mass is 79.9. The number of nitrogens with zero attached hydrogens (tertiary/aromatic N) is 2. The normalized spacial score (nSPS) is 10.8. The summed E-state index contributed by atoms with van der Waals surface area (Å²) in [4.78, 5) is 17.7. The average molecular weight is 355 g/mol. The topological polar surface area (TPSA) is 71.2 Å². The van der Waals surface area contributed by atoms with Crippen LogP contribution in [-0.4, -0.2) is 22.8 Å². The summed E-state index contributed by atoms with van der Waals surface area (Å²) in [5.74, 6) is 4.73. The van der Waals surface area contributed by atoms with E-state index in [1.54, 1.807) is 0 Å². The van der Waals surface area contributed by atoms with Crippen molar-refractivity contribution in [3.63, 3.8) is 0 Å². The van der Waals surface area contributed by atoms with Gasteiger partial charge in [0.15, 0.2) is 5.01 Å². The van der Waals surface area contributed by atoms with Gasteiger partial charge in [-0.2, -0.15) is 0 Å². The van der Waals surface area contributed by atoms with Crippen molar-refractivity contribution in [2.75, 3.05) is 7.05 Å². The summed E-state index contributed by atoms with van der Waals surface area (Å²) >= 11 is 4.76. The molecule has 1 amide bonds. The highest BCUT2D eigenvalue weighted by Gasteiger charge is 2.11. The molecule has 20 heavy (non-hydrogen) atoms. The molecule has 2 aromatic rings. The molecule has 106 valence electrons. The smallest absolute Gasteiger partial charge is 0.294 e. The van der Waals surface area contributed by atoms with Crippen LogP contribution in [0, 0.1) is 0 Å². The van der Waals surface area contributed by atoms with Gasteiger partial charge in [0, 0.05) is 22.9 Å². The number of hydrogen-bond donors (Lipinski definition) is 2. The van der Waals surface area contributed by atoms with Gasteiger partial charge in [-0.15, -0.1) is 11.3 Å². The van der Waals surface area contributed by atoms with Crippen molar-refractivity contribution in [2.24, 2.45) is 5.84 Å². The largest absolute Gasteiger partial charge is 0.296 e. The maximum absolute atomic E-state index is 11.3. The maximum atomic E-state index is 11.3. The lowest BCUT2D eigenvalue weighted by Gasteiger charge is -2.15. The summed E-state index contributed by atoms with van der Waals surface area (Å²) in [6.07, 6.45) is 0. The molecule has 0 spiro atoms. The average Bonchev–Trinajstić information content (AvgIpc) is 2.86. The number of carbonyl (C=O) groups excluding carboxylic acids is 1. The summed E-state index contributed by atoms with van der Waals surface area (Å²) in [5.41, 5.74) is 4.17. The fourth-order valence-corrected chi connectivity index (χ4v) is 2.98. The zero-order chi connectivity index (χ0) is 14.5. The van der Waals surface area contributed by atoms with Crippen LogP contribution < -0.4 is 11.3 Å². The number of benzene rings is 1. The number of hydrazine groups is 1. The Morgan fingerprint density at radius 1 is 1.50 bits per heavy atom. The van der Waals surface area contributed by atoms with Crippen LogP contribution in [0.1, 0.15) is 21.1 Å². The molecule has 0 fully saturated rings. The van der Waals surface area contributed by atoms with E-state index in [0.29, 0.717) is 11.6 Å². The summed E-state index contributed by atoms with van der Waals surface area (Å²) < 4.78 is 1.07. The lowest BCUT2D eigenvalue weighted by atomic mass is 10.2. The standard InChI is InChI=1S/C13H15BrN4OS/c1-18(6-9-3-2-4-10(14)5-9)7-11-8-20-13(16-11)12(19)17-15/h2-5,8H,6-7,15H2,1H3,(H,17,19). The molecule has 2 rings (SSSR count). The van der Waals surface area contributed by atoms with Gasteiger partial charge in [-0.05, 0) is 24.7 Å². The molecule has 0 bridgehead atoms. The summed E-state index contributed by atoms with van der Waals surface area (Å²) in [5, 5.41) is 2.26. The molecule has 5 nitrogen and oxygen atoms in total. The second kappa shape index (κ2) is 6.94. The molecule has 1 heterocycles. The summed E-state index contributed by atoms with van der Waals surface area (Å²) in [6, 6.07) is 8.18. The molecule has 0 aliphatic rings. The maximum Gasteiger partial charge on any atom is 0.294 e. The van der Waals surface area contributed by atoms with Gasteiger partial charge in [0.2, 0.25) is 0 Å². The molecule has 0 unspecified atom stereocenters. The van der Waals surface area contributed by atoms with Crippen LogP contribution in [0.3, 0.4) is 0 Å². The van der Waals surface area contributed by atoms with Gasteiger partial charge in [-0.1, -0.05) is 28.1 Å². The number of aromatic nitrogens is 1. The van der Waals surface area contributed by atoms with E-state index < -0.39 is 0 Å². The van der Waals surface area contributed by atoms with E-state index in [9.17, 15) is 4.79 Å². The highest BCUT2D eigenvalue weighted by molar-refractivity contribution is 9.10. The lowest BCUT2D eigenvalue weighted by Crippen LogP contribution is -2.29. The van der Waals surface area contributed by atoms with E-state index in [-0.39, 0.29) is 5.91 Å². The number of hydrogen-bond acceptors (Lipinski definition) is 5. The first-order valence-corrected chi connectivity index (χ1v) is 7.64. The number of nitrogens with one attached hydrogen (secondary N) is 1. The quantitative estimate of drug-likeness (QED) is 0.490. The molecule has 0 aliphatic carbocycles. The van der Waals surface area contributed by atoms with Crippen LogP contribution in [0.4, 0.5) is 0 Å². The van der Waals surface area contributed by atoms with Crippen molar-refractivity contribution in [1.82, 2.24) is 15.3 Å². The number of nitrogen functional groups attached to an aromatic ring is 1. The molecule has 0 saturated heterocycles. The first-order chi connectivity index (χ1) is 9.58. The van der Waals surface area contributed by atoms with Gasteiger partial charge in [0.1, 0.15) is 0 Å². The number of nitrogens with two attached hydrogens (primary N) is 1. The fraction of sp³-hybridized carbons (Fsp3) is 0.231. The molecule has 7 heteroatoms. The Morgan fingerprint density at radius 2 is 2.30 bits per heavy atom. The van der Waals surface area contributed by atoms with Crippen molar-refractivity contribution in [3.8, 4) is 0 Å². The van der Waals surface area contributed by atoms with Gasteiger partial charge in [0.25, 0.3) is 5.91 Å². The number of rotatable bonds is 5. The highest BCUT2D eigenvalue weighted by Crippen LogP contribution is 2.15. The second-order valence-electron chi connectivity index (χ2n) is 4.42. The number of amides is 1. The molecule has 0 aliphatic heterocycles. The van der Waals surface area contributed by atoms with Crippen LogP contribution in [0.15, 0.2) is 34.1 Å². The minimum absolute atomic E-state index is 0.351. The zero-order valence-electron chi connectivity index (χ0n) is 11.0. The Bertz CT molecular complexity index is 602. The minimum Gasteiger partial charge on any atom is -0.296 e. The molecular formula is C13H15BrN4OS. The van der Waals surface area contributed by atoms with E-state index in [1.165, 1.54) is 16.9 Å². The zero-order valence-corrected chi connectivity index (χ0v) is 13.4. The SMILES string of the molecule is CN(Cc1cccc(Br)c1)Cc1csc(C(=O)NN)n1. The van der Waals surface area contributed by atoms with Crippen LogP contribution in [0.25, 0.3) is 0 Å². The van der Waals surface area contributed by atoms with Crippen molar-refractivity contribution >= 4 is 33.2 Å². The molecular weight excluding hydrogens is 340 g/mol. The van der Waals surface area contributed by atoms with Gasteiger partial charge >= 0.3 is 0 Å². The Kier molecular flexibility index (Phi) is 5.24. The second-order valence-corrected chi connectivity index (χ2v) is 6.19. The van der Waals surface area contributed by atoms with E-state index >= 15 is 0 Å². The molecule has 0 saturated carbocycles. The van der Waals surface area contributed by atoms with E-state index in [2.05, 4.69) is 43.4 Å². The molecule has 0 atom stereocenters. The number of carbonyl (C=O) groups is 1. The molecule has 0 radical (unpaired) electrons. The van der Waals surface area contributed by atoms with Crippen molar-refractivity contribution < 1.29 is 4.79 Å². The number of halogens is 1. The monoisotopic (exact) mass is 354 g/mol. The van der Waals surface area contributed by atoms with E-state index in [4.69, 9.17) is 5.84 Å². The van der Waals surface area contributed by atoms with Gasteiger partial charge < -0.3 is 0 Å². The minimum atomic E-state index is -0.351. The van der Waals surface area contributed by atoms with Gasteiger partial charge in [0.05, 0.1) is 5.69 Å². The Hall–Kier alpha value is -1.28. The van der Waals surface area contributed by atoms with Crippen LogP contribution in [-0.2, 0) is 13.1 Å². The van der Waals surface area contributed by atoms with Crippen LogP contribution in [0.2, 0.25) is 0 Å². The van der Waals surface area contributed by atoms with E-state index in [1.807, 2.05) is 24.6 Å². The predicted octanol–water partition coefficient (Wildman–Crippen LogP) is 2.14. The Morgan fingerprint density at radius 3 is 3.00 bits per heavy atom. The third-order valence-electron chi connectivity index (χ3n) is 2.65.